The molecule has 0 fully saturated rings. The van der Waals surface area contributed by atoms with Gasteiger partial charge in [-0.3, -0.25) is 0 Å². The summed E-state index contributed by atoms with van der Waals surface area (Å²) in [7, 11) is 0. The van der Waals surface area contributed by atoms with Gasteiger partial charge in [-0.05, 0) is 29.3 Å². The second kappa shape index (κ2) is 4.25. The van der Waals surface area contributed by atoms with Crippen molar-refractivity contribution in [1.82, 2.24) is 0 Å². The predicted octanol–water partition coefficient (Wildman–Crippen LogP) is 4.48. The van der Waals surface area contributed by atoms with Crippen LogP contribution >= 0.6 is 27.5 Å². The first-order valence-corrected chi connectivity index (χ1v) is 5.59. The molecule has 15 heavy (non-hydrogen) atoms. The van der Waals surface area contributed by atoms with Crippen LogP contribution in [-0.2, 0) is 0 Å². The Labute approximate surface area is 101 Å². The summed E-state index contributed by atoms with van der Waals surface area (Å²) < 4.78 is 0.992. The number of rotatable bonds is 1. The van der Waals surface area contributed by atoms with E-state index in [1.807, 2.05) is 30.3 Å². The van der Waals surface area contributed by atoms with Gasteiger partial charge >= 0.3 is 0 Å². The highest BCUT2D eigenvalue weighted by atomic mass is 79.9. The Morgan fingerprint density at radius 1 is 1.07 bits per heavy atom. The van der Waals surface area contributed by atoms with E-state index in [1.165, 1.54) is 0 Å². The fourth-order valence-corrected chi connectivity index (χ4v) is 2.01. The van der Waals surface area contributed by atoms with E-state index in [0.29, 0.717) is 5.02 Å². The molecule has 0 saturated heterocycles. The first-order valence-electron chi connectivity index (χ1n) is 4.42. The molecule has 0 heterocycles. The van der Waals surface area contributed by atoms with Gasteiger partial charge in [-0.25, -0.2) is 0 Å². The molecule has 3 heteroatoms. The van der Waals surface area contributed by atoms with E-state index < -0.39 is 0 Å². The van der Waals surface area contributed by atoms with Gasteiger partial charge in [-0.1, -0.05) is 51.8 Å². The van der Waals surface area contributed by atoms with Crippen molar-refractivity contribution in [2.75, 3.05) is 0 Å². The number of benzene rings is 2. The van der Waals surface area contributed by atoms with Crippen molar-refractivity contribution < 1.29 is 5.11 Å². The molecule has 0 bridgehead atoms. The third kappa shape index (κ3) is 2.16. The topological polar surface area (TPSA) is 20.2 Å². The lowest BCUT2D eigenvalue weighted by Gasteiger charge is -2.05. The predicted molar refractivity (Wildman–Crippen MR) is 66.3 cm³/mol. The summed E-state index contributed by atoms with van der Waals surface area (Å²) in [5, 5.41) is 9.87. The first-order chi connectivity index (χ1) is 7.18. The highest BCUT2D eigenvalue weighted by Crippen LogP contribution is 2.33. The van der Waals surface area contributed by atoms with Gasteiger partial charge in [0.05, 0.1) is 5.02 Å². The van der Waals surface area contributed by atoms with Crippen LogP contribution in [0.3, 0.4) is 0 Å². The molecule has 2 aromatic carbocycles. The smallest absolute Gasteiger partial charge is 0.134 e. The minimum atomic E-state index is 0.102. The van der Waals surface area contributed by atoms with E-state index in [4.69, 9.17) is 11.6 Å². The lowest BCUT2D eigenvalue weighted by molar-refractivity contribution is 0.476. The molecule has 0 aliphatic carbocycles. The molecule has 2 aromatic rings. The van der Waals surface area contributed by atoms with Gasteiger partial charge in [0.15, 0.2) is 0 Å². The summed E-state index contributed by atoms with van der Waals surface area (Å²) in [6, 6.07) is 13.1. The first kappa shape index (κ1) is 10.5. The van der Waals surface area contributed by atoms with Crippen LogP contribution in [0.5, 0.6) is 5.75 Å². The maximum atomic E-state index is 9.51. The van der Waals surface area contributed by atoms with E-state index in [9.17, 15) is 5.11 Å². The van der Waals surface area contributed by atoms with Crippen molar-refractivity contribution in [3.63, 3.8) is 0 Å². The average molecular weight is 284 g/mol. The van der Waals surface area contributed by atoms with Gasteiger partial charge in [0, 0.05) is 4.47 Å². The van der Waals surface area contributed by atoms with Crippen molar-refractivity contribution in [2.45, 2.75) is 0 Å². The Kier molecular flexibility index (Phi) is 2.98. The summed E-state index contributed by atoms with van der Waals surface area (Å²) in [5.41, 5.74) is 1.97. The Morgan fingerprint density at radius 2 is 1.80 bits per heavy atom. The summed E-state index contributed by atoms with van der Waals surface area (Å²) in [5.74, 6) is 0.102. The maximum Gasteiger partial charge on any atom is 0.134 e. The normalized spacial score (nSPS) is 10.3. The van der Waals surface area contributed by atoms with E-state index >= 15 is 0 Å². The molecule has 0 atom stereocenters. The van der Waals surface area contributed by atoms with Crippen LogP contribution in [0.25, 0.3) is 11.1 Å². The number of halogens is 2. The molecule has 0 aliphatic rings. The number of phenols is 1. The SMILES string of the molecule is Oc1cc(-c2ccccc2Br)ccc1Cl. The van der Waals surface area contributed by atoms with E-state index in [1.54, 1.807) is 12.1 Å². The van der Waals surface area contributed by atoms with Crippen molar-refractivity contribution >= 4 is 27.5 Å². The van der Waals surface area contributed by atoms with Gasteiger partial charge in [-0.2, -0.15) is 0 Å². The van der Waals surface area contributed by atoms with Crippen molar-refractivity contribution in [3.8, 4) is 16.9 Å². The Balaban J connectivity index is 2.55. The zero-order valence-corrected chi connectivity index (χ0v) is 10.1. The third-order valence-corrected chi connectivity index (χ3v) is 3.14. The van der Waals surface area contributed by atoms with E-state index in [2.05, 4.69) is 15.9 Å². The molecule has 76 valence electrons. The average Bonchev–Trinajstić information content (AvgIpc) is 2.23. The van der Waals surface area contributed by atoms with E-state index in [-0.39, 0.29) is 5.75 Å². The fourth-order valence-electron chi connectivity index (χ4n) is 1.38. The Morgan fingerprint density at radius 3 is 2.47 bits per heavy atom. The lowest BCUT2D eigenvalue weighted by Crippen LogP contribution is -1.79. The van der Waals surface area contributed by atoms with Crippen LogP contribution in [0, 0.1) is 0 Å². The number of hydrogen-bond acceptors (Lipinski definition) is 1. The third-order valence-electron chi connectivity index (χ3n) is 2.13. The number of hydrogen-bond donors (Lipinski definition) is 1. The van der Waals surface area contributed by atoms with Gasteiger partial charge in [0.25, 0.3) is 0 Å². The largest absolute Gasteiger partial charge is 0.506 e. The van der Waals surface area contributed by atoms with Gasteiger partial charge in [0.1, 0.15) is 5.75 Å². The molecule has 1 nitrogen and oxygen atoms in total. The van der Waals surface area contributed by atoms with Crippen molar-refractivity contribution in [2.24, 2.45) is 0 Å². The quantitative estimate of drug-likeness (QED) is 0.818. The van der Waals surface area contributed by atoms with Gasteiger partial charge in [0.2, 0.25) is 0 Å². The number of phenolic OH excluding ortho intramolecular Hbond substituents is 1. The highest BCUT2D eigenvalue weighted by molar-refractivity contribution is 9.10. The van der Waals surface area contributed by atoms with Crippen LogP contribution in [0.4, 0.5) is 0 Å². The minimum Gasteiger partial charge on any atom is -0.506 e. The molecule has 0 radical (unpaired) electrons. The Hall–Kier alpha value is -0.990. The van der Waals surface area contributed by atoms with Crippen molar-refractivity contribution in [3.05, 3.63) is 52.0 Å². The summed E-state index contributed by atoms with van der Waals surface area (Å²) in [4.78, 5) is 0. The van der Waals surface area contributed by atoms with Crippen LogP contribution < -0.4 is 0 Å². The molecule has 0 unspecified atom stereocenters. The van der Waals surface area contributed by atoms with Gasteiger partial charge < -0.3 is 5.11 Å². The summed E-state index contributed by atoms with van der Waals surface area (Å²) in [6.07, 6.45) is 0. The monoisotopic (exact) mass is 282 g/mol. The second-order valence-electron chi connectivity index (χ2n) is 3.15. The minimum absolute atomic E-state index is 0.102. The molecular formula is C12H8BrClO. The fraction of sp³-hybridized carbons (Fsp3) is 0. The molecule has 2 rings (SSSR count). The van der Waals surface area contributed by atoms with Crippen LogP contribution in [0.15, 0.2) is 46.9 Å². The lowest BCUT2D eigenvalue weighted by atomic mass is 10.1. The molecule has 0 aromatic heterocycles. The zero-order chi connectivity index (χ0) is 10.8. The molecule has 0 saturated carbocycles. The Bertz CT molecular complexity index is 497. The number of aromatic hydroxyl groups is 1. The molecular weight excluding hydrogens is 275 g/mol. The van der Waals surface area contributed by atoms with Crippen LogP contribution in [0.2, 0.25) is 5.02 Å². The summed E-state index contributed by atoms with van der Waals surface area (Å²) >= 11 is 9.21. The second-order valence-corrected chi connectivity index (χ2v) is 4.41. The molecule has 0 spiro atoms. The van der Waals surface area contributed by atoms with Crippen LogP contribution in [-0.4, -0.2) is 5.11 Å². The summed E-state index contributed by atoms with van der Waals surface area (Å²) in [6.45, 7) is 0. The zero-order valence-electron chi connectivity index (χ0n) is 7.74. The van der Waals surface area contributed by atoms with Crippen molar-refractivity contribution in [1.29, 1.82) is 0 Å². The molecule has 0 aliphatic heterocycles. The molecule has 1 N–H and O–H groups in total. The standard InChI is InChI=1S/C12H8BrClO/c13-10-4-2-1-3-9(10)8-5-6-11(14)12(15)7-8/h1-7,15H. The highest BCUT2D eigenvalue weighted by Gasteiger charge is 2.04. The maximum absolute atomic E-state index is 9.51. The molecule has 0 amide bonds. The van der Waals surface area contributed by atoms with Crippen LogP contribution in [0.1, 0.15) is 0 Å². The van der Waals surface area contributed by atoms with Gasteiger partial charge in [-0.15, -0.1) is 0 Å². The van der Waals surface area contributed by atoms with E-state index in [0.717, 1.165) is 15.6 Å².